The van der Waals surface area contributed by atoms with Crippen molar-refractivity contribution >= 4 is 103 Å². The molecule has 0 bridgehead atoms. The molecule has 1 aliphatic carbocycles. The maximum atomic E-state index is 13.7. The number of aromatic nitrogens is 2. The van der Waals surface area contributed by atoms with Gasteiger partial charge in [0.2, 0.25) is 0 Å². The molecule has 6 nitrogen and oxygen atoms in total. The van der Waals surface area contributed by atoms with Crippen LogP contribution in [0.1, 0.15) is 17.5 Å². The Morgan fingerprint density at radius 2 is 0.977 bits per heavy atom. The number of fused-ring (bicyclic) bond motifs is 8. The molecule has 0 fully saturated rings. The van der Waals surface area contributed by atoms with E-state index in [9.17, 15) is 19.2 Å². The minimum absolute atomic E-state index is 0.229. The van der Waals surface area contributed by atoms with E-state index in [-0.39, 0.29) is 22.2 Å². The highest BCUT2D eigenvalue weighted by Gasteiger charge is 2.24. The van der Waals surface area contributed by atoms with Gasteiger partial charge in [0, 0.05) is 43.3 Å². The fraction of sp³-hybridized carbons (Fsp3) is 0.0588. The molecule has 43 heavy (non-hydrogen) atoms. The highest BCUT2D eigenvalue weighted by atomic mass is 32.1. The third-order valence-electron chi connectivity index (χ3n) is 8.98. The topological polar surface area (TPSA) is 77.1 Å². The van der Waals surface area contributed by atoms with Crippen molar-refractivity contribution in [3.63, 3.8) is 0 Å². The van der Waals surface area contributed by atoms with Crippen molar-refractivity contribution in [3.8, 4) is 11.1 Å². The molecule has 9 aromatic rings. The molecule has 0 atom stereocenters. The Bertz CT molecular complexity index is 2900. The molecule has 0 amide bonds. The minimum atomic E-state index is -0.281. The van der Waals surface area contributed by atoms with Gasteiger partial charge in [0.1, 0.15) is 14.1 Å². The molecule has 10 rings (SSSR count). The van der Waals surface area contributed by atoms with Gasteiger partial charge in [0.25, 0.3) is 22.2 Å². The van der Waals surface area contributed by atoms with Gasteiger partial charge < -0.3 is 0 Å². The number of allylic oxidation sites excluding steroid dienone is 1. The van der Waals surface area contributed by atoms with Crippen molar-refractivity contribution < 1.29 is 0 Å². The number of hydrogen-bond acceptors (Lipinski definition) is 7. The first-order chi connectivity index (χ1) is 21.0. The molecule has 0 aliphatic heterocycles. The molecule has 0 N–H and O–H groups in total. The van der Waals surface area contributed by atoms with E-state index in [1.165, 1.54) is 42.8 Å². The molecule has 2 aromatic carbocycles. The van der Waals surface area contributed by atoms with Gasteiger partial charge in [-0.2, -0.15) is 0 Å². The summed E-state index contributed by atoms with van der Waals surface area (Å²) >= 11 is 4.06. The normalized spacial score (nSPS) is 13.7. The predicted molar refractivity (Wildman–Crippen MR) is 180 cm³/mol. The van der Waals surface area contributed by atoms with Crippen LogP contribution in [0, 0.1) is 0 Å². The minimum Gasteiger partial charge on any atom is -0.269 e. The molecule has 7 heterocycles. The first-order valence-corrected chi connectivity index (χ1v) is 16.4. The second-order valence-electron chi connectivity index (χ2n) is 11.1. The van der Waals surface area contributed by atoms with Gasteiger partial charge in [-0.3, -0.25) is 19.2 Å². The largest absolute Gasteiger partial charge is 0.276 e. The standard InChI is InChI=1S/C34H16N2O4S3/c37-31-21-4-2-1-3-17(21)22-11-15(12-23-18-5-8-41-28(18)32(38)35(31)26(22)23)16-13-24-19-6-9-42-29(19)33(39)36-27(24)25(14-16)20-7-10-43-30(20)34(36)40/h1,3,5-14H,2,4H2. The lowest BCUT2D eigenvalue weighted by atomic mass is 9.90. The maximum Gasteiger partial charge on any atom is 0.276 e. The Labute approximate surface area is 251 Å². The number of pyridine rings is 4. The number of nitrogens with zero attached hydrogens (tertiary/aromatic N) is 2. The van der Waals surface area contributed by atoms with Crippen LogP contribution in [0.5, 0.6) is 0 Å². The van der Waals surface area contributed by atoms with E-state index in [4.69, 9.17) is 0 Å². The zero-order valence-electron chi connectivity index (χ0n) is 22.1. The summed E-state index contributed by atoms with van der Waals surface area (Å²) in [6.45, 7) is 0. The summed E-state index contributed by atoms with van der Waals surface area (Å²) < 4.78 is 4.41. The number of hydrogen-bond donors (Lipinski definition) is 0. The fourth-order valence-corrected chi connectivity index (χ4v) is 9.65. The fourth-order valence-electron chi connectivity index (χ4n) is 7.14. The van der Waals surface area contributed by atoms with Crippen LogP contribution in [-0.4, -0.2) is 8.80 Å². The van der Waals surface area contributed by atoms with Gasteiger partial charge in [-0.05, 0) is 88.1 Å². The van der Waals surface area contributed by atoms with Gasteiger partial charge in [0.05, 0.1) is 11.0 Å². The molecule has 0 spiro atoms. The van der Waals surface area contributed by atoms with Crippen LogP contribution in [0.3, 0.4) is 0 Å². The highest BCUT2D eigenvalue weighted by Crippen LogP contribution is 2.40. The second kappa shape index (κ2) is 8.02. The number of thiophene rings is 3. The molecule has 0 unspecified atom stereocenters. The van der Waals surface area contributed by atoms with Gasteiger partial charge in [-0.1, -0.05) is 12.2 Å². The highest BCUT2D eigenvalue weighted by molar-refractivity contribution is 7.18. The first-order valence-electron chi connectivity index (χ1n) is 13.8. The average molecular weight is 613 g/mol. The summed E-state index contributed by atoms with van der Waals surface area (Å²) in [7, 11) is 0. The lowest BCUT2D eigenvalue weighted by Gasteiger charge is -2.18. The van der Waals surface area contributed by atoms with Crippen molar-refractivity contribution in [2.45, 2.75) is 12.8 Å². The van der Waals surface area contributed by atoms with Gasteiger partial charge in [-0.25, -0.2) is 8.80 Å². The van der Waals surface area contributed by atoms with Crippen molar-refractivity contribution in [2.75, 3.05) is 0 Å². The third-order valence-corrected chi connectivity index (χ3v) is 11.7. The van der Waals surface area contributed by atoms with Crippen LogP contribution in [0.2, 0.25) is 0 Å². The molecular weight excluding hydrogens is 597 g/mol. The molecule has 9 heteroatoms. The van der Waals surface area contributed by atoms with Crippen LogP contribution in [0.15, 0.2) is 83.9 Å². The maximum absolute atomic E-state index is 13.7. The summed E-state index contributed by atoms with van der Waals surface area (Å²) in [6.07, 6.45) is 5.45. The van der Waals surface area contributed by atoms with E-state index in [1.807, 2.05) is 40.4 Å². The van der Waals surface area contributed by atoms with Crippen molar-refractivity contribution in [2.24, 2.45) is 0 Å². The van der Waals surface area contributed by atoms with Crippen molar-refractivity contribution in [1.82, 2.24) is 8.80 Å². The van der Waals surface area contributed by atoms with Gasteiger partial charge in [-0.15, -0.1) is 34.0 Å². The zero-order chi connectivity index (χ0) is 28.7. The Hall–Kier alpha value is -4.70. The molecule has 0 saturated carbocycles. The van der Waals surface area contributed by atoms with Crippen LogP contribution >= 0.6 is 34.0 Å². The monoisotopic (exact) mass is 612 g/mol. The average Bonchev–Trinajstić information content (AvgIpc) is 3.81. The zero-order valence-corrected chi connectivity index (χ0v) is 24.5. The molecule has 1 aliphatic rings. The van der Waals surface area contributed by atoms with Crippen molar-refractivity contribution in [3.05, 3.63) is 117 Å². The Kier molecular flexibility index (Phi) is 4.44. The SMILES string of the molecule is O=c1c2c(c3cc(-c4cc5c6ccsc6c(=O)n6c(=O)c7sccc7c(c4)c56)cc4c5ccsc5c(=O)n1c34)C=CCC2. The first kappa shape index (κ1) is 23.8. The summed E-state index contributed by atoms with van der Waals surface area (Å²) in [6, 6.07) is 14.2. The van der Waals surface area contributed by atoms with E-state index < -0.39 is 0 Å². The number of benzene rings is 2. The van der Waals surface area contributed by atoms with Crippen LogP contribution in [-0.2, 0) is 6.42 Å². The smallest absolute Gasteiger partial charge is 0.269 e. The van der Waals surface area contributed by atoms with E-state index >= 15 is 0 Å². The molecule has 0 radical (unpaired) electrons. The Morgan fingerprint density at radius 1 is 0.535 bits per heavy atom. The number of rotatable bonds is 1. The summed E-state index contributed by atoms with van der Waals surface area (Å²) in [4.78, 5) is 54.5. The van der Waals surface area contributed by atoms with Crippen LogP contribution < -0.4 is 22.2 Å². The third kappa shape index (κ3) is 2.82. The lowest BCUT2D eigenvalue weighted by Crippen LogP contribution is -2.30. The summed E-state index contributed by atoms with van der Waals surface area (Å²) in [5, 5.41) is 11.6. The van der Waals surface area contributed by atoms with Gasteiger partial charge >= 0.3 is 0 Å². The summed E-state index contributed by atoms with van der Waals surface area (Å²) in [5.41, 5.74) is 3.65. The molecule has 0 saturated heterocycles. The Balaban J connectivity index is 1.44. The van der Waals surface area contributed by atoms with E-state index in [0.29, 0.717) is 37.1 Å². The molecule has 7 aromatic heterocycles. The lowest BCUT2D eigenvalue weighted by molar-refractivity contribution is 0.928. The molecular formula is C34H16N2O4S3. The predicted octanol–water partition coefficient (Wildman–Crippen LogP) is 7.09. The van der Waals surface area contributed by atoms with E-state index in [0.717, 1.165) is 60.8 Å². The van der Waals surface area contributed by atoms with E-state index in [1.54, 1.807) is 0 Å². The van der Waals surface area contributed by atoms with Crippen molar-refractivity contribution in [1.29, 1.82) is 0 Å². The van der Waals surface area contributed by atoms with Crippen LogP contribution in [0.4, 0.5) is 0 Å². The van der Waals surface area contributed by atoms with E-state index in [2.05, 4.69) is 30.3 Å². The quantitative estimate of drug-likeness (QED) is 0.198. The van der Waals surface area contributed by atoms with Crippen LogP contribution in [0.25, 0.3) is 80.0 Å². The second-order valence-corrected chi connectivity index (χ2v) is 13.8. The Morgan fingerprint density at radius 3 is 1.49 bits per heavy atom. The molecule has 204 valence electrons. The summed E-state index contributed by atoms with van der Waals surface area (Å²) in [5.74, 6) is 0. The van der Waals surface area contributed by atoms with Gasteiger partial charge in [0.15, 0.2) is 0 Å².